The standard InChI is InChI=1S/C21H21F3N6O3S2/c1-12(26-27-20(34)25-15-5-4-6-16(11-15)29-35(3,32)33)17-19(31)18(30(2)28-17)13-7-9-14(10-8-13)21(22,23)24/h4-11,29,31H,1-3H3,(H2,25,27,34)/b26-12+. The molecule has 0 saturated carbocycles. The average molecular weight is 527 g/mol. The summed E-state index contributed by atoms with van der Waals surface area (Å²) in [5, 5.41) is 21.9. The molecule has 0 bridgehead atoms. The Morgan fingerprint density at radius 2 is 1.77 bits per heavy atom. The average Bonchev–Trinajstić information content (AvgIpc) is 3.04. The molecule has 0 fully saturated rings. The zero-order chi connectivity index (χ0) is 26.0. The molecule has 4 N–H and O–H groups in total. The van der Waals surface area contributed by atoms with Gasteiger partial charge in [0.1, 0.15) is 5.69 Å². The van der Waals surface area contributed by atoms with Gasteiger partial charge in [-0.25, -0.2) is 8.42 Å². The van der Waals surface area contributed by atoms with E-state index in [0.717, 1.165) is 18.4 Å². The van der Waals surface area contributed by atoms with Crippen molar-refractivity contribution in [2.75, 3.05) is 16.3 Å². The maximum absolute atomic E-state index is 12.8. The molecule has 0 radical (unpaired) electrons. The van der Waals surface area contributed by atoms with Crippen LogP contribution in [0.15, 0.2) is 53.6 Å². The van der Waals surface area contributed by atoms with Gasteiger partial charge in [-0.1, -0.05) is 18.2 Å². The number of benzene rings is 2. The van der Waals surface area contributed by atoms with Gasteiger partial charge in [0.05, 0.1) is 23.2 Å². The van der Waals surface area contributed by atoms with E-state index in [1.807, 2.05) is 0 Å². The Morgan fingerprint density at radius 3 is 2.37 bits per heavy atom. The van der Waals surface area contributed by atoms with Crippen molar-refractivity contribution in [2.24, 2.45) is 12.1 Å². The molecule has 0 aliphatic heterocycles. The van der Waals surface area contributed by atoms with Crippen LogP contribution >= 0.6 is 12.2 Å². The van der Waals surface area contributed by atoms with Crippen LogP contribution in [0.25, 0.3) is 11.3 Å². The summed E-state index contributed by atoms with van der Waals surface area (Å²) in [6.45, 7) is 1.56. The molecule has 0 saturated heterocycles. The molecule has 1 aromatic heterocycles. The third-order valence-corrected chi connectivity index (χ3v) is 5.40. The Labute approximate surface area is 204 Å². The summed E-state index contributed by atoms with van der Waals surface area (Å²) in [5.74, 6) is -0.256. The van der Waals surface area contributed by atoms with Crippen LogP contribution < -0.4 is 15.5 Å². The molecule has 2 aromatic carbocycles. The van der Waals surface area contributed by atoms with Gasteiger partial charge in [0.25, 0.3) is 0 Å². The number of nitrogens with one attached hydrogen (secondary N) is 3. The lowest BCUT2D eigenvalue weighted by Crippen LogP contribution is -2.25. The molecule has 0 unspecified atom stereocenters. The normalized spacial score (nSPS) is 12.3. The Kier molecular flexibility index (Phi) is 7.36. The number of halogens is 3. The Balaban J connectivity index is 1.74. The third kappa shape index (κ3) is 6.70. The highest BCUT2D eigenvalue weighted by molar-refractivity contribution is 7.92. The fraction of sp³-hybridized carbons (Fsp3) is 0.190. The highest BCUT2D eigenvalue weighted by Gasteiger charge is 2.30. The molecule has 1 heterocycles. The molecule has 14 heteroatoms. The SMILES string of the molecule is C/C(=N\NC(=S)Nc1cccc(NS(C)(=O)=O)c1)c1nn(C)c(-c2ccc(C(F)(F)F)cc2)c1O. The largest absolute Gasteiger partial charge is 0.504 e. The van der Waals surface area contributed by atoms with Crippen molar-refractivity contribution in [3.8, 4) is 17.0 Å². The van der Waals surface area contributed by atoms with E-state index in [2.05, 4.69) is 25.7 Å². The molecule has 0 spiro atoms. The third-order valence-electron chi connectivity index (χ3n) is 4.60. The van der Waals surface area contributed by atoms with Crippen LogP contribution in [0.1, 0.15) is 18.2 Å². The first-order valence-electron chi connectivity index (χ1n) is 9.87. The summed E-state index contributed by atoms with van der Waals surface area (Å²) in [7, 11) is -1.90. The molecule has 0 aliphatic rings. The Hall–Kier alpha value is -3.65. The molecular weight excluding hydrogens is 505 g/mol. The second kappa shape index (κ2) is 9.92. The second-order valence-electron chi connectivity index (χ2n) is 7.46. The predicted molar refractivity (Wildman–Crippen MR) is 132 cm³/mol. The smallest absolute Gasteiger partial charge is 0.416 e. The number of hydrogen-bond acceptors (Lipinski definition) is 6. The number of thiocarbonyl (C=S) groups is 1. The molecule has 3 aromatic rings. The van der Waals surface area contributed by atoms with Crippen molar-refractivity contribution in [1.82, 2.24) is 15.2 Å². The van der Waals surface area contributed by atoms with E-state index < -0.39 is 21.8 Å². The van der Waals surface area contributed by atoms with Crippen molar-refractivity contribution in [3.63, 3.8) is 0 Å². The van der Waals surface area contributed by atoms with Crippen LogP contribution in [0.3, 0.4) is 0 Å². The molecule has 3 rings (SSSR count). The van der Waals surface area contributed by atoms with E-state index in [-0.39, 0.29) is 28.0 Å². The topological polar surface area (TPSA) is 121 Å². The van der Waals surface area contributed by atoms with Gasteiger partial charge in [0.2, 0.25) is 10.0 Å². The first kappa shape index (κ1) is 26.0. The summed E-state index contributed by atoms with van der Waals surface area (Å²) in [5.41, 5.74) is 3.57. The number of aromatic hydroxyl groups is 1. The lowest BCUT2D eigenvalue weighted by atomic mass is 10.1. The van der Waals surface area contributed by atoms with Crippen molar-refractivity contribution in [3.05, 3.63) is 59.8 Å². The van der Waals surface area contributed by atoms with E-state index in [1.165, 1.54) is 22.9 Å². The van der Waals surface area contributed by atoms with Gasteiger partial charge in [-0.2, -0.15) is 23.4 Å². The van der Waals surface area contributed by atoms with Crippen LogP contribution in [-0.2, 0) is 23.2 Å². The Bertz CT molecular complexity index is 1380. The summed E-state index contributed by atoms with van der Waals surface area (Å²) in [6, 6.07) is 10.7. The molecule has 0 aliphatic carbocycles. The quantitative estimate of drug-likeness (QED) is 0.218. The summed E-state index contributed by atoms with van der Waals surface area (Å²) >= 11 is 5.19. The minimum absolute atomic E-state index is 0.0826. The lowest BCUT2D eigenvalue weighted by Gasteiger charge is -2.10. The van der Waals surface area contributed by atoms with Gasteiger partial charge in [-0.05, 0) is 49.5 Å². The number of rotatable bonds is 6. The van der Waals surface area contributed by atoms with Crippen molar-refractivity contribution < 1.29 is 26.7 Å². The molecule has 9 nitrogen and oxygen atoms in total. The minimum Gasteiger partial charge on any atom is -0.504 e. The summed E-state index contributed by atoms with van der Waals surface area (Å²) in [4.78, 5) is 0. The maximum atomic E-state index is 12.8. The second-order valence-corrected chi connectivity index (χ2v) is 9.62. The Morgan fingerprint density at radius 1 is 1.14 bits per heavy atom. The lowest BCUT2D eigenvalue weighted by molar-refractivity contribution is -0.137. The van der Waals surface area contributed by atoms with Crippen LogP contribution in [0.2, 0.25) is 0 Å². The maximum Gasteiger partial charge on any atom is 0.416 e. The van der Waals surface area contributed by atoms with Gasteiger partial charge in [0, 0.05) is 18.3 Å². The summed E-state index contributed by atoms with van der Waals surface area (Å²) < 4.78 is 64.9. The van der Waals surface area contributed by atoms with Gasteiger partial charge < -0.3 is 10.4 Å². The van der Waals surface area contributed by atoms with E-state index >= 15 is 0 Å². The highest BCUT2D eigenvalue weighted by Crippen LogP contribution is 2.35. The first-order chi connectivity index (χ1) is 16.2. The minimum atomic E-state index is -4.47. The van der Waals surface area contributed by atoms with Crippen molar-refractivity contribution in [2.45, 2.75) is 13.1 Å². The number of alkyl halides is 3. The van der Waals surface area contributed by atoms with Crippen molar-refractivity contribution >= 4 is 44.4 Å². The molecule has 186 valence electrons. The molecule has 0 amide bonds. The van der Waals surface area contributed by atoms with E-state index in [9.17, 15) is 26.7 Å². The van der Waals surface area contributed by atoms with Crippen LogP contribution in [0.5, 0.6) is 5.75 Å². The monoisotopic (exact) mass is 526 g/mol. The molecular formula is C21H21F3N6O3S2. The number of aryl methyl sites for hydroxylation is 1. The fourth-order valence-electron chi connectivity index (χ4n) is 3.12. The zero-order valence-electron chi connectivity index (χ0n) is 18.7. The number of hydrazone groups is 1. The fourth-order valence-corrected chi connectivity index (χ4v) is 3.84. The zero-order valence-corrected chi connectivity index (χ0v) is 20.3. The number of hydrogen-bond donors (Lipinski definition) is 4. The number of aromatic nitrogens is 2. The first-order valence-corrected chi connectivity index (χ1v) is 12.2. The van der Waals surface area contributed by atoms with Crippen LogP contribution in [0, 0.1) is 0 Å². The number of anilines is 2. The number of sulfonamides is 1. The van der Waals surface area contributed by atoms with Gasteiger partial charge >= 0.3 is 6.18 Å². The van der Waals surface area contributed by atoms with E-state index in [4.69, 9.17) is 12.2 Å². The predicted octanol–water partition coefficient (Wildman–Crippen LogP) is 3.89. The van der Waals surface area contributed by atoms with Gasteiger partial charge in [-0.15, -0.1) is 0 Å². The number of nitrogens with zero attached hydrogens (tertiary/aromatic N) is 3. The van der Waals surface area contributed by atoms with E-state index in [0.29, 0.717) is 16.9 Å². The highest BCUT2D eigenvalue weighted by atomic mass is 32.2. The molecule has 35 heavy (non-hydrogen) atoms. The van der Waals surface area contributed by atoms with Crippen LogP contribution in [0.4, 0.5) is 24.5 Å². The van der Waals surface area contributed by atoms with E-state index in [1.54, 1.807) is 32.2 Å². The van der Waals surface area contributed by atoms with Gasteiger partial charge in [0.15, 0.2) is 16.6 Å². The van der Waals surface area contributed by atoms with Gasteiger partial charge in [-0.3, -0.25) is 14.8 Å². The molecule has 0 atom stereocenters. The van der Waals surface area contributed by atoms with Crippen molar-refractivity contribution in [1.29, 1.82) is 0 Å². The van der Waals surface area contributed by atoms with Crippen LogP contribution in [-0.4, -0.2) is 40.4 Å². The summed E-state index contributed by atoms with van der Waals surface area (Å²) in [6.07, 6.45) is -3.43.